The lowest BCUT2D eigenvalue weighted by Gasteiger charge is -2.52. The van der Waals surface area contributed by atoms with Crippen molar-refractivity contribution in [2.24, 2.45) is 0 Å². The lowest BCUT2D eigenvalue weighted by atomic mass is 9.39. The highest BCUT2D eigenvalue weighted by atomic mass is 79.9. The predicted octanol–water partition coefficient (Wildman–Crippen LogP) is 38.0. The summed E-state index contributed by atoms with van der Waals surface area (Å²) in [5.41, 5.74) is 14.9. The number of aromatic nitrogens is 2. The van der Waals surface area contributed by atoms with Crippen LogP contribution in [0.3, 0.4) is 0 Å². The molecule has 0 saturated heterocycles. The molecule has 10 rings (SSSR count). The molecule has 33 unspecified atom stereocenters. The van der Waals surface area contributed by atoms with Crippen molar-refractivity contribution in [2.45, 2.75) is 0 Å². The number of halogens is 1. The van der Waals surface area contributed by atoms with Gasteiger partial charge in [0, 0.05) is 4.47 Å². The average molecular weight is 2390 g/mol. The summed E-state index contributed by atoms with van der Waals surface area (Å²) in [4.78, 5) is 9.95. The number of hydrogen-bond donors (Lipinski definition) is 0. The van der Waals surface area contributed by atoms with Gasteiger partial charge in [0.05, 0.1) is 22.4 Å². The molecule has 33 atom stereocenters. The number of fused-ring (bicyclic) bond motifs is 8. The Bertz CT molecular complexity index is 3710. The first kappa shape index (κ1) is 106. The van der Waals surface area contributed by atoms with Crippen molar-refractivity contribution in [3.05, 3.63) is 168 Å². The molecule has 2 nitrogen and oxygen atoms in total. The van der Waals surface area contributed by atoms with Crippen LogP contribution in [0.1, 0.15) is 0 Å². The Labute approximate surface area is 709 Å². The van der Waals surface area contributed by atoms with Gasteiger partial charge >= 0.3 is 0 Å². The molecule has 0 aliphatic carbocycles. The summed E-state index contributed by atoms with van der Waals surface area (Å²) in [6.07, 6.45) is 0. The van der Waals surface area contributed by atoms with Gasteiger partial charge in [-0.25, -0.2) is 17.0 Å². The van der Waals surface area contributed by atoms with Crippen LogP contribution in [0.5, 0.6) is 0 Å². The van der Waals surface area contributed by atoms with E-state index < -0.39 is 0 Å². The van der Waals surface area contributed by atoms with E-state index in [1.54, 1.807) is 0 Å². The van der Waals surface area contributed by atoms with Gasteiger partial charge in [-0.2, -0.15) is 0 Å². The summed E-state index contributed by atoms with van der Waals surface area (Å²) >= 11 is 3.54. The minimum atomic E-state index is -0.140. The van der Waals surface area contributed by atoms with Crippen molar-refractivity contribution >= 4 is 518 Å². The third kappa shape index (κ3) is 30.5. The van der Waals surface area contributed by atoms with Crippen LogP contribution in [0.2, 0.25) is 0 Å². The van der Waals surface area contributed by atoms with E-state index in [2.05, 4.69) is 430 Å². The van der Waals surface area contributed by atoms with Gasteiger partial charge in [0.15, 0.2) is 0 Å². The predicted molar refractivity (Wildman–Crippen MR) is 655 cm³/mol. The van der Waals surface area contributed by atoms with E-state index >= 15 is 0 Å². The fraction of sp³-hybridized carbons (Fsp3) is 0. The average Bonchev–Trinajstić information content (AvgIpc) is 1.60. The Kier molecular flexibility index (Phi) is 57.3. The third-order valence-corrected chi connectivity index (χ3v) is 363. The molecule has 59 heteroatoms. The van der Waals surface area contributed by atoms with Crippen molar-refractivity contribution in [1.82, 2.24) is 9.97 Å². The van der Waals surface area contributed by atoms with Crippen molar-refractivity contribution in [3.8, 4) is 22.5 Å². The van der Waals surface area contributed by atoms with E-state index in [1.165, 1.54) is 54.7 Å². The standard InChI is InChI=1S/C21H13BBrN.C21H14BN.H28P27.H27P27/c23-16-11-9-15(10-12-16)22-18-7-3-2-6-17(18)21-19(22)13-14-5-1-4-8-20(14)24-21;1-2-9-16(10-3-1)22-18-12-6-5-11-17(18)21-19(22)14-15-8-4-7-13-20(15)23-21;2*1-15-22(14)26(23(16(2)3)17(4)5)27(24(18(6)7)19(8)9)25(20(10)11)21(12)13/h1-13H;1-14H;1,15H,2-14H2;1-2,15H,3-14H2/q;;-1;-2. The molecule has 2 aliphatic rings. The van der Waals surface area contributed by atoms with Crippen LogP contribution in [0.4, 0.5) is 0 Å². The van der Waals surface area contributed by atoms with Gasteiger partial charge in [0.2, 0.25) is 13.4 Å². The lowest BCUT2D eigenvalue weighted by molar-refractivity contribution is 1.43. The highest BCUT2D eigenvalue weighted by Gasteiger charge is 2.49. The summed E-state index contributed by atoms with van der Waals surface area (Å²) < 4.78 is 1.11. The number of nitrogens with zero attached hydrogens (tertiary/aromatic N) is 2. The zero-order chi connectivity index (χ0) is 74.6. The fourth-order valence-corrected chi connectivity index (χ4v) is 692. The molecule has 546 valence electrons. The summed E-state index contributed by atoms with van der Waals surface area (Å²) in [6, 6.07) is 58.0. The second-order valence-electron chi connectivity index (χ2n) is 20.4. The maximum Gasteiger partial charge on any atom is 0.244 e. The molecule has 0 bridgehead atoms. The van der Waals surface area contributed by atoms with Gasteiger partial charge in [0.25, 0.3) is 0 Å². The molecule has 0 fully saturated rings. The lowest BCUT2D eigenvalue weighted by Crippen LogP contribution is -2.48. The Morgan fingerprint density at radius 2 is 0.574 bits per heavy atom. The van der Waals surface area contributed by atoms with Crippen molar-refractivity contribution in [3.63, 3.8) is 0 Å². The normalized spacial score (nSPS) is 15.0. The molecule has 0 saturated carbocycles. The molecule has 2 aliphatic heterocycles. The highest BCUT2D eigenvalue weighted by molar-refractivity contribution is 9.44. The Balaban J connectivity index is 0.000000189. The van der Waals surface area contributed by atoms with Crippen LogP contribution in [0.15, 0.2) is 168 Å². The molecular formula is C42H82B2BrN2P54-3. The van der Waals surface area contributed by atoms with Crippen molar-refractivity contribution in [1.29, 1.82) is 0 Å². The third-order valence-electron chi connectivity index (χ3n) is 13.9. The monoisotopic (exact) mass is 2390 g/mol. The van der Waals surface area contributed by atoms with Gasteiger partial charge < -0.3 is 26.8 Å². The summed E-state index contributed by atoms with van der Waals surface area (Å²) in [5.74, 6) is 0. The first-order valence-corrected chi connectivity index (χ1v) is 125. The molecule has 0 N–H and O–H groups in total. The maximum atomic E-state index is 4.98. The topological polar surface area (TPSA) is 25.8 Å². The van der Waals surface area contributed by atoms with Crippen LogP contribution in [0.25, 0.3) is 44.3 Å². The first-order chi connectivity index (χ1) is 47.8. The molecular weight excluding hydrogens is 2310 g/mol. The zero-order valence-corrected chi connectivity index (χ0v) is 110. The van der Waals surface area contributed by atoms with E-state index in [0.717, 1.165) is 42.8 Å². The second-order valence-corrected chi connectivity index (χ2v) is 232. The van der Waals surface area contributed by atoms with E-state index in [0.29, 0.717) is 0 Å². The second kappa shape index (κ2) is 54.6. The minimum Gasteiger partial charge on any atom is -0.524 e. The number of hydrogen-bond acceptors (Lipinski definition) is 2. The van der Waals surface area contributed by atoms with E-state index in [1.807, 2.05) is 0 Å². The number of pyridine rings is 2. The summed E-state index contributed by atoms with van der Waals surface area (Å²) in [5, 5.41) is 2.41. The summed E-state index contributed by atoms with van der Waals surface area (Å²) in [6.45, 7) is 0.537. The molecule has 4 heterocycles. The molecule has 101 heavy (non-hydrogen) atoms. The minimum absolute atomic E-state index is 0.00784. The van der Waals surface area contributed by atoms with Gasteiger partial charge in [0.1, 0.15) is 0 Å². The molecule has 8 aromatic rings. The van der Waals surface area contributed by atoms with Gasteiger partial charge in [-0.05, 0) is 204 Å². The SMILES string of the molecule is Brc1ccc(B2c3ccccc3-c3nc4ccccc4cc32)cc1.[PH-]PP(P)P(P(P(P)P)P(P)P)P(P(P(P)P)P(P)P)P(P(P)P)P(P)P.[PH-]PP(P)P(P(P([PH-])P)P(P)P)P(P(P(P)P)P(P)P)P(P(P)P)P(P)P.c1ccc(B2c3ccccc3-c3nc4ccccc4cc32)cc1. The molecule has 0 radical (unpaired) electrons. The molecule has 0 spiro atoms. The fourth-order valence-electron chi connectivity index (χ4n) is 10.2. The van der Waals surface area contributed by atoms with E-state index in [-0.39, 0.29) is 181 Å². The summed E-state index contributed by atoms with van der Waals surface area (Å²) in [7, 11) is 95.2. The van der Waals surface area contributed by atoms with Crippen LogP contribution in [-0.2, 0) is 0 Å². The van der Waals surface area contributed by atoms with Crippen LogP contribution >= 0.6 is 450 Å². The quantitative estimate of drug-likeness (QED) is 0.0399. The van der Waals surface area contributed by atoms with Crippen molar-refractivity contribution < 1.29 is 0 Å². The van der Waals surface area contributed by atoms with Crippen LogP contribution < -0.4 is 32.8 Å². The van der Waals surface area contributed by atoms with Gasteiger partial charge in [-0.3, -0.25) is 15.9 Å². The number of benzene rings is 6. The molecule has 6 aromatic carbocycles. The first-order valence-electron chi connectivity index (χ1n) is 28.0. The Hall–Kier alpha value is 18.0. The smallest absolute Gasteiger partial charge is 0.244 e. The van der Waals surface area contributed by atoms with Crippen LogP contribution in [-0.4, -0.2) is 23.4 Å². The highest BCUT2D eigenvalue weighted by Crippen LogP contribution is 3.38. The van der Waals surface area contributed by atoms with Crippen LogP contribution in [0, 0.1) is 0 Å². The van der Waals surface area contributed by atoms with Gasteiger partial charge in [-0.1, -0.05) is 191 Å². The Morgan fingerprint density at radius 1 is 0.297 bits per heavy atom. The number of rotatable bonds is 26. The maximum absolute atomic E-state index is 4.98. The number of para-hydroxylation sites is 2. The molecule has 0 amide bonds. The largest absolute Gasteiger partial charge is 0.524 e. The van der Waals surface area contributed by atoms with Crippen molar-refractivity contribution in [2.75, 3.05) is 0 Å². The molecule has 2 aromatic heterocycles. The van der Waals surface area contributed by atoms with Gasteiger partial charge in [-0.15, -0.1) is 223 Å². The zero-order valence-electron chi connectivity index (χ0n) is 53.2. The van der Waals surface area contributed by atoms with E-state index in [4.69, 9.17) is 9.97 Å². The van der Waals surface area contributed by atoms with E-state index in [9.17, 15) is 0 Å². The Morgan fingerprint density at radius 3 is 0.891 bits per heavy atom.